The van der Waals surface area contributed by atoms with Crippen LogP contribution in [0.25, 0.3) is 0 Å². The molecular formula is C7H9ClF3N3. The Bertz CT molecular complexity index is 309. The number of nitrogens with zero attached hydrogens (tertiary/aromatic N) is 1. The Hall–Kier alpha value is -0.750. The van der Waals surface area contributed by atoms with Crippen molar-refractivity contribution in [3.8, 4) is 0 Å². The van der Waals surface area contributed by atoms with Crippen molar-refractivity contribution in [3.63, 3.8) is 0 Å². The van der Waals surface area contributed by atoms with Crippen LogP contribution in [-0.2, 0) is 6.42 Å². The van der Waals surface area contributed by atoms with Crippen molar-refractivity contribution in [2.45, 2.75) is 18.6 Å². The van der Waals surface area contributed by atoms with Crippen LogP contribution >= 0.6 is 12.4 Å². The quantitative estimate of drug-likeness (QED) is 0.707. The number of hydrogen-bond acceptors (Lipinski definition) is 2. The number of rotatable bonds is 0. The predicted octanol–water partition coefficient (Wildman–Crippen LogP) is 1.58. The van der Waals surface area contributed by atoms with Gasteiger partial charge in [0.15, 0.2) is 0 Å². The molecule has 1 aromatic rings. The molecule has 2 heterocycles. The Morgan fingerprint density at radius 3 is 2.79 bits per heavy atom. The van der Waals surface area contributed by atoms with Gasteiger partial charge >= 0.3 is 6.18 Å². The maximum atomic E-state index is 12.4. The Kier molecular flexibility index (Phi) is 3.06. The van der Waals surface area contributed by atoms with E-state index in [1.165, 1.54) is 6.33 Å². The monoisotopic (exact) mass is 227 g/mol. The van der Waals surface area contributed by atoms with E-state index in [0.29, 0.717) is 18.7 Å². The van der Waals surface area contributed by atoms with Crippen molar-refractivity contribution in [1.82, 2.24) is 15.3 Å². The second-order valence-electron chi connectivity index (χ2n) is 2.95. The van der Waals surface area contributed by atoms with Gasteiger partial charge in [-0.3, -0.25) is 0 Å². The molecule has 1 aromatic heterocycles. The van der Waals surface area contributed by atoms with Crippen LogP contribution in [0.3, 0.4) is 0 Å². The Labute approximate surface area is 84.5 Å². The van der Waals surface area contributed by atoms with E-state index >= 15 is 0 Å². The molecule has 3 nitrogen and oxygen atoms in total. The summed E-state index contributed by atoms with van der Waals surface area (Å²) in [5.74, 6) is 0. The average molecular weight is 228 g/mol. The highest BCUT2D eigenvalue weighted by molar-refractivity contribution is 5.85. The van der Waals surface area contributed by atoms with Crippen LogP contribution in [0.2, 0.25) is 0 Å². The lowest BCUT2D eigenvalue weighted by Crippen LogP contribution is -2.39. The molecule has 0 fully saturated rings. The molecule has 1 unspecified atom stereocenters. The van der Waals surface area contributed by atoms with Gasteiger partial charge in [-0.25, -0.2) is 4.98 Å². The van der Waals surface area contributed by atoms with E-state index in [4.69, 9.17) is 0 Å². The third-order valence-corrected chi connectivity index (χ3v) is 2.08. The van der Waals surface area contributed by atoms with Crippen molar-refractivity contribution in [2.75, 3.05) is 6.54 Å². The first-order chi connectivity index (χ1) is 6.09. The van der Waals surface area contributed by atoms with Crippen LogP contribution in [-0.4, -0.2) is 22.7 Å². The molecule has 2 N–H and O–H groups in total. The Morgan fingerprint density at radius 2 is 2.14 bits per heavy atom. The van der Waals surface area contributed by atoms with E-state index in [1.54, 1.807) is 0 Å². The molecule has 7 heteroatoms. The fraction of sp³-hybridized carbons (Fsp3) is 0.571. The third-order valence-electron chi connectivity index (χ3n) is 2.08. The van der Waals surface area contributed by atoms with Gasteiger partial charge in [0.1, 0.15) is 6.04 Å². The molecular weight excluding hydrogens is 219 g/mol. The smallest absolute Gasteiger partial charge is 0.348 e. The van der Waals surface area contributed by atoms with E-state index in [9.17, 15) is 13.2 Å². The lowest BCUT2D eigenvalue weighted by molar-refractivity contribution is -0.159. The number of halogens is 4. The second-order valence-corrected chi connectivity index (χ2v) is 2.95. The van der Waals surface area contributed by atoms with Crippen molar-refractivity contribution in [2.24, 2.45) is 0 Å². The molecule has 0 saturated carbocycles. The van der Waals surface area contributed by atoms with Gasteiger partial charge < -0.3 is 10.3 Å². The first-order valence-corrected chi connectivity index (χ1v) is 3.91. The predicted molar refractivity (Wildman–Crippen MR) is 46.3 cm³/mol. The number of alkyl halides is 3. The van der Waals surface area contributed by atoms with Gasteiger partial charge in [0.2, 0.25) is 0 Å². The lowest BCUT2D eigenvalue weighted by Gasteiger charge is -2.24. The van der Waals surface area contributed by atoms with Crippen LogP contribution in [0.15, 0.2) is 6.33 Å². The van der Waals surface area contributed by atoms with Crippen molar-refractivity contribution in [3.05, 3.63) is 17.7 Å². The van der Waals surface area contributed by atoms with Crippen LogP contribution < -0.4 is 5.32 Å². The normalized spacial score (nSPS) is 21.2. The van der Waals surface area contributed by atoms with Crippen molar-refractivity contribution >= 4 is 12.4 Å². The number of fused-ring (bicyclic) bond motifs is 1. The summed E-state index contributed by atoms with van der Waals surface area (Å²) in [4.78, 5) is 6.38. The summed E-state index contributed by atoms with van der Waals surface area (Å²) in [6.07, 6.45) is -2.39. The first-order valence-electron chi connectivity index (χ1n) is 3.91. The number of H-pyrrole nitrogens is 1. The minimum atomic E-state index is -4.26. The highest BCUT2D eigenvalue weighted by atomic mass is 35.5. The van der Waals surface area contributed by atoms with Gasteiger partial charge in [0, 0.05) is 18.7 Å². The molecule has 1 aliphatic heterocycles. The SMILES string of the molecule is Cl.FC(F)(F)C1NCCc2[nH]cnc21. The highest BCUT2D eigenvalue weighted by Gasteiger charge is 2.44. The summed E-state index contributed by atoms with van der Waals surface area (Å²) in [5, 5.41) is 2.39. The van der Waals surface area contributed by atoms with Crippen LogP contribution in [0, 0.1) is 0 Å². The van der Waals surface area contributed by atoms with Crippen LogP contribution in [0.5, 0.6) is 0 Å². The summed E-state index contributed by atoms with van der Waals surface area (Å²) >= 11 is 0. The van der Waals surface area contributed by atoms with E-state index in [1.807, 2.05) is 0 Å². The van der Waals surface area contributed by atoms with E-state index < -0.39 is 12.2 Å². The maximum Gasteiger partial charge on any atom is 0.409 e. The standard InChI is InChI=1S/C7H8F3N3.ClH/c8-7(9,10)6-5-4(1-2-11-6)12-3-13-5;/h3,6,11H,1-2H2,(H,12,13);1H. The molecule has 0 radical (unpaired) electrons. The Morgan fingerprint density at radius 1 is 1.43 bits per heavy atom. The summed E-state index contributed by atoms with van der Waals surface area (Å²) < 4.78 is 37.1. The average Bonchev–Trinajstić information content (AvgIpc) is 2.48. The molecule has 1 atom stereocenters. The Balaban J connectivity index is 0.000000980. The summed E-state index contributed by atoms with van der Waals surface area (Å²) in [6, 6.07) is -1.61. The van der Waals surface area contributed by atoms with Gasteiger partial charge in [-0.2, -0.15) is 13.2 Å². The minimum absolute atomic E-state index is 0. The van der Waals surface area contributed by atoms with E-state index in [-0.39, 0.29) is 18.1 Å². The second kappa shape index (κ2) is 3.78. The molecule has 1 aliphatic rings. The van der Waals surface area contributed by atoms with E-state index in [0.717, 1.165) is 0 Å². The first kappa shape index (κ1) is 11.3. The third kappa shape index (κ3) is 1.85. The molecule has 80 valence electrons. The fourth-order valence-corrected chi connectivity index (χ4v) is 1.49. The number of aromatic nitrogens is 2. The molecule has 2 rings (SSSR count). The van der Waals surface area contributed by atoms with Gasteiger partial charge in [-0.1, -0.05) is 0 Å². The van der Waals surface area contributed by atoms with Gasteiger partial charge in [0.25, 0.3) is 0 Å². The van der Waals surface area contributed by atoms with Crippen molar-refractivity contribution < 1.29 is 13.2 Å². The fourth-order valence-electron chi connectivity index (χ4n) is 1.49. The zero-order valence-electron chi connectivity index (χ0n) is 7.06. The van der Waals surface area contributed by atoms with Gasteiger partial charge in [-0.05, 0) is 0 Å². The maximum absolute atomic E-state index is 12.4. The van der Waals surface area contributed by atoms with Crippen LogP contribution in [0.1, 0.15) is 17.4 Å². The van der Waals surface area contributed by atoms with Gasteiger partial charge in [-0.15, -0.1) is 12.4 Å². The molecule has 14 heavy (non-hydrogen) atoms. The minimum Gasteiger partial charge on any atom is -0.348 e. The number of nitrogens with one attached hydrogen (secondary N) is 2. The zero-order chi connectivity index (χ0) is 9.47. The molecule has 0 spiro atoms. The lowest BCUT2D eigenvalue weighted by atomic mass is 10.1. The number of hydrogen-bond donors (Lipinski definition) is 2. The molecule has 0 aromatic carbocycles. The zero-order valence-corrected chi connectivity index (χ0v) is 7.87. The number of aromatic amines is 1. The largest absolute Gasteiger partial charge is 0.409 e. The molecule has 0 amide bonds. The highest BCUT2D eigenvalue weighted by Crippen LogP contribution is 2.34. The molecule has 0 saturated heterocycles. The van der Waals surface area contributed by atoms with E-state index in [2.05, 4.69) is 15.3 Å². The number of imidazole rings is 1. The summed E-state index contributed by atoms with van der Waals surface area (Å²) in [7, 11) is 0. The summed E-state index contributed by atoms with van der Waals surface area (Å²) in [6.45, 7) is 0.333. The van der Waals surface area contributed by atoms with Gasteiger partial charge in [0.05, 0.1) is 12.0 Å². The molecule has 0 aliphatic carbocycles. The molecule has 0 bridgehead atoms. The topological polar surface area (TPSA) is 40.7 Å². The van der Waals surface area contributed by atoms with Crippen LogP contribution in [0.4, 0.5) is 13.2 Å². The van der Waals surface area contributed by atoms with Crippen molar-refractivity contribution in [1.29, 1.82) is 0 Å². The summed E-state index contributed by atoms with van der Waals surface area (Å²) in [5.41, 5.74) is 0.667.